The number of nitrogens with two attached hydrogens (primary N) is 1. The molecule has 1 aliphatic rings. The molecular weight excluding hydrogens is 194 g/mol. The maximum absolute atomic E-state index is 11.2. The number of amides is 1. The van der Waals surface area contributed by atoms with Gasteiger partial charge in [-0.3, -0.25) is 4.79 Å². The minimum atomic E-state index is -0.278. The molecule has 0 spiro atoms. The number of hydrogen-bond donors (Lipinski definition) is 1. The van der Waals surface area contributed by atoms with Crippen LogP contribution in [0.3, 0.4) is 0 Å². The third-order valence-corrected chi connectivity index (χ3v) is 4.39. The van der Waals surface area contributed by atoms with Gasteiger partial charge in [-0.05, 0) is 30.2 Å². The van der Waals surface area contributed by atoms with Gasteiger partial charge in [-0.15, -0.1) is 11.3 Å². The Morgan fingerprint density at radius 2 is 2.29 bits per heavy atom. The first-order valence-corrected chi connectivity index (χ1v) is 5.81. The molecule has 2 rings (SSSR count). The van der Waals surface area contributed by atoms with E-state index < -0.39 is 0 Å². The van der Waals surface area contributed by atoms with Gasteiger partial charge < -0.3 is 5.73 Å². The Hall–Kier alpha value is -0.830. The molecule has 0 aliphatic heterocycles. The van der Waals surface area contributed by atoms with E-state index in [9.17, 15) is 4.79 Å². The summed E-state index contributed by atoms with van der Waals surface area (Å²) >= 11 is 1.69. The number of rotatable bonds is 1. The molecule has 0 unspecified atom stereocenters. The third kappa shape index (κ3) is 1.36. The Bertz CT molecular complexity index is 379. The highest BCUT2D eigenvalue weighted by atomic mass is 32.1. The lowest BCUT2D eigenvalue weighted by Gasteiger charge is -2.29. The van der Waals surface area contributed by atoms with Crippen molar-refractivity contribution in [3.05, 3.63) is 21.4 Å². The standard InChI is InChI=1S/C11H15NOS/c1-11(2)5-3-4-7-8(10(12)13)6-14-9(7)11/h6H,3-5H2,1-2H3,(H2,12,13). The quantitative estimate of drug-likeness (QED) is 0.758. The minimum Gasteiger partial charge on any atom is -0.366 e. The number of primary amides is 1. The normalized spacial score (nSPS) is 19.0. The second-order valence-electron chi connectivity index (χ2n) is 4.56. The van der Waals surface area contributed by atoms with E-state index in [1.807, 2.05) is 5.38 Å². The van der Waals surface area contributed by atoms with Gasteiger partial charge in [0.25, 0.3) is 0 Å². The van der Waals surface area contributed by atoms with Crippen molar-refractivity contribution in [2.24, 2.45) is 5.73 Å². The molecule has 1 aliphatic carbocycles. The summed E-state index contributed by atoms with van der Waals surface area (Å²) in [6, 6.07) is 0. The topological polar surface area (TPSA) is 43.1 Å². The molecule has 2 N–H and O–H groups in total. The van der Waals surface area contributed by atoms with Crippen molar-refractivity contribution in [2.45, 2.75) is 38.5 Å². The predicted molar refractivity (Wildman–Crippen MR) is 58.8 cm³/mol. The number of carbonyl (C=O) groups is 1. The Kier molecular flexibility index (Phi) is 2.14. The molecule has 1 aromatic heterocycles. The summed E-state index contributed by atoms with van der Waals surface area (Å²) in [6.45, 7) is 4.48. The van der Waals surface area contributed by atoms with Crippen molar-refractivity contribution in [1.29, 1.82) is 0 Å². The molecule has 76 valence electrons. The smallest absolute Gasteiger partial charge is 0.249 e. The second kappa shape index (κ2) is 3.09. The first-order valence-electron chi connectivity index (χ1n) is 4.93. The maximum Gasteiger partial charge on any atom is 0.249 e. The summed E-state index contributed by atoms with van der Waals surface area (Å²) < 4.78 is 0. The Morgan fingerprint density at radius 1 is 1.57 bits per heavy atom. The Balaban J connectivity index is 2.53. The summed E-state index contributed by atoms with van der Waals surface area (Å²) in [4.78, 5) is 12.5. The van der Waals surface area contributed by atoms with Crippen LogP contribution in [0.2, 0.25) is 0 Å². The lowest BCUT2D eigenvalue weighted by Crippen LogP contribution is -2.23. The van der Waals surface area contributed by atoms with Gasteiger partial charge in [-0.1, -0.05) is 13.8 Å². The number of carbonyl (C=O) groups excluding carboxylic acids is 1. The first kappa shape index (κ1) is 9.71. The fraction of sp³-hybridized carbons (Fsp3) is 0.545. The monoisotopic (exact) mass is 209 g/mol. The molecule has 0 fully saturated rings. The lowest BCUT2D eigenvalue weighted by molar-refractivity contribution is 0.0999. The maximum atomic E-state index is 11.2. The summed E-state index contributed by atoms with van der Waals surface area (Å²) in [5.41, 5.74) is 7.52. The highest BCUT2D eigenvalue weighted by Gasteiger charge is 2.31. The van der Waals surface area contributed by atoms with Crippen LogP contribution in [0.25, 0.3) is 0 Å². The fourth-order valence-electron chi connectivity index (χ4n) is 2.23. The SMILES string of the molecule is CC1(C)CCCc2c(C(N)=O)csc21. The van der Waals surface area contributed by atoms with Gasteiger partial charge in [-0.2, -0.15) is 0 Å². The van der Waals surface area contributed by atoms with E-state index in [0.717, 1.165) is 18.4 Å². The van der Waals surface area contributed by atoms with Gasteiger partial charge in [0.2, 0.25) is 5.91 Å². The van der Waals surface area contributed by atoms with Crippen LogP contribution >= 0.6 is 11.3 Å². The van der Waals surface area contributed by atoms with Crippen LogP contribution in [0.5, 0.6) is 0 Å². The average molecular weight is 209 g/mol. The first-order chi connectivity index (χ1) is 6.52. The molecule has 2 nitrogen and oxygen atoms in total. The summed E-state index contributed by atoms with van der Waals surface area (Å²) in [5.74, 6) is -0.278. The summed E-state index contributed by atoms with van der Waals surface area (Å²) in [5, 5.41) is 1.92. The van der Waals surface area contributed by atoms with E-state index in [1.54, 1.807) is 11.3 Å². The van der Waals surface area contributed by atoms with E-state index in [0.29, 0.717) is 0 Å². The van der Waals surface area contributed by atoms with E-state index in [-0.39, 0.29) is 11.3 Å². The molecule has 1 amide bonds. The molecular formula is C11H15NOS. The highest BCUT2D eigenvalue weighted by molar-refractivity contribution is 7.10. The van der Waals surface area contributed by atoms with Crippen molar-refractivity contribution in [3.8, 4) is 0 Å². The molecule has 0 aromatic carbocycles. The van der Waals surface area contributed by atoms with Crippen LogP contribution < -0.4 is 5.73 Å². The second-order valence-corrected chi connectivity index (χ2v) is 5.44. The molecule has 14 heavy (non-hydrogen) atoms. The van der Waals surface area contributed by atoms with Gasteiger partial charge >= 0.3 is 0 Å². The summed E-state index contributed by atoms with van der Waals surface area (Å²) in [7, 11) is 0. The van der Waals surface area contributed by atoms with Crippen LogP contribution in [0.15, 0.2) is 5.38 Å². The van der Waals surface area contributed by atoms with Crippen molar-refractivity contribution < 1.29 is 4.79 Å². The van der Waals surface area contributed by atoms with Crippen molar-refractivity contribution >= 4 is 17.2 Å². The van der Waals surface area contributed by atoms with Crippen molar-refractivity contribution in [2.75, 3.05) is 0 Å². The van der Waals surface area contributed by atoms with Crippen molar-refractivity contribution in [3.63, 3.8) is 0 Å². The van der Waals surface area contributed by atoms with Crippen molar-refractivity contribution in [1.82, 2.24) is 0 Å². The number of thiophene rings is 1. The van der Waals surface area contributed by atoms with Gasteiger partial charge in [0.05, 0.1) is 5.56 Å². The molecule has 0 radical (unpaired) electrons. The number of fused-ring (bicyclic) bond motifs is 1. The van der Waals surface area contributed by atoms with Crippen LogP contribution in [0.1, 0.15) is 47.5 Å². The Labute approximate surface area is 88.1 Å². The lowest BCUT2D eigenvalue weighted by atomic mass is 9.77. The molecule has 0 saturated heterocycles. The average Bonchev–Trinajstić information content (AvgIpc) is 2.48. The van der Waals surface area contributed by atoms with Gasteiger partial charge in [0.1, 0.15) is 0 Å². The molecule has 1 heterocycles. The molecule has 3 heteroatoms. The zero-order valence-corrected chi connectivity index (χ0v) is 9.41. The van der Waals surface area contributed by atoms with Gasteiger partial charge in [-0.25, -0.2) is 0 Å². The summed E-state index contributed by atoms with van der Waals surface area (Å²) in [6.07, 6.45) is 3.39. The minimum absolute atomic E-state index is 0.228. The van der Waals surface area contributed by atoms with E-state index in [4.69, 9.17) is 5.73 Å². The largest absolute Gasteiger partial charge is 0.366 e. The van der Waals surface area contributed by atoms with Crippen LogP contribution in [-0.4, -0.2) is 5.91 Å². The van der Waals surface area contributed by atoms with Crippen LogP contribution in [-0.2, 0) is 11.8 Å². The van der Waals surface area contributed by atoms with E-state index >= 15 is 0 Å². The predicted octanol–water partition coefficient (Wildman–Crippen LogP) is 2.46. The molecule has 0 atom stereocenters. The fourth-order valence-corrected chi connectivity index (χ4v) is 3.50. The number of hydrogen-bond acceptors (Lipinski definition) is 2. The Morgan fingerprint density at radius 3 is 2.93 bits per heavy atom. The third-order valence-electron chi connectivity index (χ3n) is 3.00. The van der Waals surface area contributed by atoms with E-state index in [1.165, 1.54) is 16.9 Å². The van der Waals surface area contributed by atoms with Gasteiger partial charge in [0, 0.05) is 10.3 Å². The van der Waals surface area contributed by atoms with E-state index in [2.05, 4.69) is 13.8 Å². The zero-order valence-electron chi connectivity index (χ0n) is 8.59. The van der Waals surface area contributed by atoms with Crippen LogP contribution in [0, 0.1) is 0 Å². The molecule has 0 saturated carbocycles. The molecule has 1 aromatic rings. The van der Waals surface area contributed by atoms with Crippen LogP contribution in [0.4, 0.5) is 0 Å². The van der Waals surface area contributed by atoms with Gasteiger partial charge in [0.15, 0.2) is 0 Å². The molecule has 0 bridgehead atoms. The zero-order chi connectivity index (χ0) is 10.3. The highest BCUT2D eigenvalue weighted by Crippen LogP contribution is 2.41.